The fourth-order valence-electron chi connectivity index (χ4n) is 2.10. The molecular formula is C16H14F2N2O2. The third-order valence-electron chi connectivity index (χ3n) is 3.56. The molecule has 1 N–H and O–H groups in total. The van der Waals surface area contributed by atoms with Crippen molar-refractivity contribution in [3.05, 3.63) is 48.2 Å². The second-order valence-electron chi connectivity index (χ2n) is 5.37. The van der Waals surface area contributed by atoms with Gasteiger partial charge >= 0.3 is 0 Å². The number of carbonyl (C=O) groups is 1. The summed E-state index contributed by atoms with van der Waals surface area (Å²) in [6.07, 6.45) is 2.32. The number of benzene rings is 1. The van der Waals surface area contributed by atoms with Crippen molar-refractivity contribution in [2.45, 2.75) is 13.3 Å². The maximum atomic E-state index is 13.1. The Morgan fingerprint density at radius 3 is 2.55 bits per heavy atom. The number of carbonyl (C=O) groups excluding carboxylic acids is 1. The van der Waals surface area contributed by atoms with Crippen LogP contribution in [0, 0.1) is 23.5 Å². The van der Waals surface area contributed by atoms with E-state index in [0.717, 1.165) is 18.6 Å². The average Bonchev–Trinajstić information content (AvgIpc) is 3.22. The number of nitrogens with one attached hydrogen (secondary N) is 1. The third-order valence-corrected chi connectivity index (χ3v) is 3.56. The molecular weight excluding hydrogens is 290 g/mol. The lowest BCUT2D eigenvalue weighted by molar-refractivity contribution is -0.117. The zero-order chi connectivity index (χ0) is 15.7. The standard InChI is InChI=1S/C16H14F2N2O2/c1-9-6-12(9)16(21)20-15-5-3-11(8-19-15)22-10-2-4-13(17)14(18)7-10/h2-5,7-9,12H,6H2,1H3,(H,19,20,21)/t9-,12+/m1/s1. The van der Waals surface area contributed by atoms with Crippen molar-refractivity contribution in [2.75, 3.05) is 5.32 Å². The summed E-state index contributed by atoms with van der Waals surface area (Å²) in [6, 6.07) is 6.46. The fourth-order valence-corrected chi connectivity index (χ4v) is 2.10. The van der Waals surface area contributed by atoms with Crippen molar-refractivity contribution in [1.29, 1.82) is 0 Å². The van der Waals surface area contributed by atoms with Gasteiger partial charge in [-0.25, -0.2) is 13.8 Å². The molecule has 0 unspecified atom stereocenters. The van der Waals surface area contributed by atoms with Gasteiger partial charge in [-0.3, -0.25) is 4.79 Å². The molecule has 0 spiro atoms. The molecule has 22 heavy (non-hydrogen) atoms. The van der Waals surface area contributed by atoms with Crippen molar-refractivity contribution in [2.24, 2.45) is 11.8 Å². The van der Waals surface area contributed by atoms with E-state index in [1.807, 2.05) is 6.92 Å². The fraction of sp³-hybridized carbons (Fsp3) is 0.250. The Balaban J connectivity index is 1.63. The molecule has 1 aromatic heterocycles. The van der Waals surface area contributed by atoms with Gasteiger partial charge in [-0.15, -0.1) is 0 Å². The maximum absolute atomic E-state index is 13.1. The molecule has 1 aliphatic carbocycles. The summed E-state index contributed by atoms with van der Waals surface area (Å²) in [5, 5.41) is 2.73. The van der Waals surface area contributed by atoms with Crippen molar-refractivity contribution in [3.8, 4) is 11.5 Å². The first-order chi connectivity index (χ1) is 10.5. The molecule has 1 amide bonds. The highest BCUT2D eigenvalue weighted by molar-refractivity contribution is 5.93. The highest BCUT2D eigenvalue weighted by Gasteiger charge is 2.39. The topological polar surface area (TPSA) is 51.2 Å². The van der Waals surface area contributed by atoms with Crippen LogP contribution >= 0.6 is 0 Å². The van der Waals surface area contributed by atoms with Crippen LogP contribution in [0.1, 0.15) is 13.3 Å². The first-order valence-electron chi connectivity index (χ1n) is 6.93. The molecule has 1 heterocycles. The van der Waals surface area contributed by atoms with E-state index >= 15 is 0 Å². The van der Waals surface area contributed by atoms with Gasteiger partial charge in [0.15, 0.2) is 11.6 Å². The number of halogens is 2. The minimum absolute atomic E-state index is 0.0331. The summed E-state index contributed by atoms with van der Waals surface area (Å²) in [5.41, 5.74) is 0. The first-order valence-corrected chi connectivity index (χ1v) is 6.93. The number of amides is 1. The largest absolute Gasteiger partial charge is 0.456 e. The molecule has 6 heteroatoms. The Kier molecular flexibility index (Phi) is 3.75. The lowest BCUT2D eigenvalue weighted by atomic mass is 10.3. The number of anilines is 1. The number of aromatic nitrogens is 1. The van der Waals surface area contributed by atoms with Crippen LogP contribution in [0.2, 0.25) is 0 Å². The van der Waals surface area contributed by atoms with Gasteiger partial charge in [0.05, 0.1) is 6.20 Å². The minimum Gasteiger partial charge on any atom is -0.456 e. The van der Waals surface area contributed by atoms with Crippen LogP contribution in [0.25, 0.3) is 0 Å². The second kappa shape index (κ2) is 5.71. The minimum atomic E-state index is -0.979. The highest BCUT2D eigenvalue weighted by Crippen LogP contribution is 2.38. The molecule has 2 atom stereocenters. The molecule has 1 aromatic carbocycles. The van der Waals surface area contributed by atoms with Crippen LogP contribution < -0.4 is 10.1 Å². The van der Waals surface area contributed by atoms with E-state index in [4.69, 9.17) is 4.74 Å². The van der Waals surface area contributed by atoms with E-state index in [-0.39, 0.29) is 17.6 Å². The zero-order valence-corrected chi connectivity index (χ0v) is 11.8. The number of ether oxygens (including phenoxy) is 1. The molecule has 114 valence electrons. The first kappa shape index (κ1) is 14.4. The monoisotopic (exact) mass is 304 g/mol. The summed E-state index contributed by atoms with van der Waals surface area (Å²) in [6.45, 7) is 2.02. The molecule has 4 nitrogen and oxygen atoms in total. The lowest BCUT2D eigenvalue weighted by Gasteiger charge is -2.07. The Bertz CT molecular complexity index is 704. The van der Waals surface area contributed by atoms with Gasteiger partial charge in [0, 0.05) is 12.0 Å². The van der Waals surface area contributed by atoms with Gasteiger partial charge < -0.3 is 10.1 Å². The average molecular weight is 304 g/mol. The molecule has 1 aliphatic rings. The van der Waals surface area contributed by atoms with E-state index < -0.39 is 11.6 Å². The highest BCUT2D eigenvalue weighted by atomic mass is 19.2. The summed E-state index contributed by atoms with van der Waals surface area (Å²) in [4.78, 5) is 15.8. The predicted octanol–water partition coefficient (Wildman–Crippen LogP) is 3.75. The number of rotatable bonds is 4. The second-order valence-corrected chi connectivity index (χ2v) is 5.37. The van der Waals surface area contributed by atoms with E-state index in [2.05, 4.69) is 10.3 Å². The van der Waals surface area contributed by atoms with Crippen molar-refractivity contribution < 1.29 is 18.3 Å². The van der Waals surface area contributed by atoms with E-state index in [1.165, 1.54) is 12.3 Å². The Morgan fingerprint density at radius 2 is 1.95 bits per heavy atom. The van der Waals surface area contributed by atoms with Gasteiger partial charge in [0.2, 0.25) is 5.91 Å². The molecule has 3 rings (SSSR count). The zero-order valence-electron chi connectivity index (χ0n) is 11.8. The van der Waals surface area contributed by atoms with Crippen LogP contribution in [-0.4, -0.2) is 10.9 Å². The van der Waals surface area contributed by atoms with Crippen molar-refractivity contribution >= 4 is 11.7 Å². The third kappa shape index (κ3) is 3.21. The molecule has 0 bridgehead atoms. The quantitative estimate of drug-likeness (QED) is 0.936. The molecule has 0 aliphatic heterocycles. The number of hydrogen-bond acceptors (Lipinski definition) is 3. The molecule has 2 aromatic rings. The normalized spacial score (nSPS) is 19.6. The van der Waals surface area contributed by atoms with Crippen molar-refractivity contribution in [1.82, 2.24) is 4.98 Å². The molecule has 0 radical (unpaired) electrons. The number of nitrogens with zero attached hydrogens (tertiary/aromatic N) is 1. The van der Waals surface area contributed by atoms with Gasteiger partial charge in [-0.05, 0) is 36.6 Å². The smallest absolute Gasteiger partial charge is 0.228 e. The van der Waals surface area contributed by atoms with Gasteiger partial charge in [0.1, 0.15) is 17.3 Å². The number of pyridine rings is 1. The summed E-state index contributed by atoms with van der Waals surface area (Å²) in [5.74, 6) is -0.481. The molecule has 1 fully saturated rings. The van der Waals surface area contributed by atoms with Gasteiger partial charge in [-0.1, -0.05) is 6.92 Å². The number of hydrogen-bond donors (Lipinski definition) is 1. The summed E-state index contributed by atoms with van der Waals surface area (Å²) >= 11 is 0. The summed E-state index contributed by atoms with van der Waals surface area (Å²) < 4.78 is 31.3. The van der Waals surface area contributed by atoms with Gasteiger partial charge in [-0.2, -0.15) is 0 Å². The van der Waals surface area contributed by atoms with Crippen LogP contribution in [0.3, 0.4) is 0 Å². The van der Waals surface area contributed by atoms with Gasteiger partial charge in [0.25, 0.3) is 0 Å². The summed E-state index contributed by atoms with van der Waals surface area (Å²) in [7, 11) is 0. The van der Waals surface area contributed by atoms with Crippen LogP contribution in [0.5, 0.6) is 11.5 Å². The molecule has 0 saturated heterocycles. The Labute approximate surface area is 126 Å². The molecule has 1 saturated carbocycles. The predicted molar refractivity (Wildman–Crippen MR) is 76.6 cm³/mol. The SMILES string of the molecule is C[C@@H]1C[C@@H]1C(=O)Nc1ccc(Oc2ccc(F)c(F)c2)cn1. The Hall–Kier alpha value is -2.50. The maximum Gasteiger partial charge on any atom is 0.228 e. The van der Waals surface area contributed by atoms with E-state index in [9.17, 15) is 13.6 Å². The van der Waals surface area contributed by atoms with E-state index in [1.54, 1.807) is 12.1 Å². The van der Waals surface area contributed by atoms with Crippen LogP contribution in [0.15, 0.2) is 36.5 Å². The Morgan fingerprint density at radius 1 is 1.23 bits per heavy atom. The lowest BCUT2D eigenvalue weighted by Crippen LogP contribution is -2.15. The van der Waals surface area contributed by atoms with Crippen LogP contribution in [-0.2, 0) is 4.79 Å². The van der Waals surface area contributed by atoms with Crippen molar-refractivity contribution in [3.63, 3.8) is 0 Å². The van der Waals surface area contributed by atoms with Crippen LogP contribution in [0.4, 0.5) is 14.6 Å². The van der Waals surface area contributed by atoms with E-state index in [0.29, 0.717) is 17.5 Å².